The van der Waals surface area contributed by atoms with Crippen molar-refractivity contribution < 1.29 is 4.79 Å². The van der Waals surface area contributed by atoms with Gasteiger partial charge in [0.1, 0.15) is 0 Å². The van der Waals surface area contributed by atoms with Crippen molar-refractivity contribution in [1.82, 2.24) is 14.9 Å². The lowest BCUT2D eigenvalue weighted by atomic mass is 9.97. The molecule has 1 aromatic heterocycles. The molecule has 6 nitrogen and oxygen atoms in total. The molecule has 1 amide bonds. The lowest BCUT2D eigenvalue weighted by molar-refractivity contribution is -0.125. The number of rotatable bonds is 10. The van der Waals surface area contributed by atoms with E-state index in [-0.39, 0.29) is 17.4 Å². The smallest absolute Gasteiger partial charge is 0.294 e. The molecule has 34 heavy (non-hydrogen) atoms. The van der Waals surface area contributed by atoms with Crippen LogP contribution in [-0.2, 0) is 11.3 Å². The van der Waals surface area contributed by atoms with Crippen LogP contribution in [-0.4, -0.2) is 46.6 Å². The number of carbonyl (C=O) groups is 1. The molecule has 2 heterocycles. The van der Waals surface area contributed by atoms with E-state index in [1.54, 1.807) is 0 Å². The van der Waals surface area contributed by atoms with Gasteiger partial charge in [-0.1, -0.05) is 49.4 Å². The van der Waals surface area contributed by atoms with E-state index >= 15 is 0 Å². The van der Waals surface area contributed by atoms with Gasteiger partial charge in [-0.25, -0.2) is 4.98 Å². The van der Waals surface area contributed by atoms with Gasteiger partial charge in [0.15, 0.2) is 5.82 Å². The van der Waals surface area contributed by atoms with Crippen LogP contribution in [0.2, 0.25) is 0 Å². The molecule has 0 spiro atoms. The number of nitrogens with one attached hydrogen (secondary N) is 1. The number of aromatic nitrogens is 2. The van der Waals surface area contributed by atoms with E-state index in [1.807, 2.05) is 75.8 Å². The highest BCUT2D eigenvalue weighted by molar-refractivity contribution is 7.99. The fraction of sp³-hybridized carbons (Fsp3) is 0.444. The highest BCUT2D eigenvalue weighted by Crippen LogP contribution is 2.22. The molecule has 1 atom stereocenters. The predicted molar refractivity (Wildman–Crippen MR) is 142 cm³/mol. The van der Waals surface area contributed by atoms with Crippen LogP contribution < -0.4 is 15.8 Å². The lowest BCUT2D eigenvalue weighted by Gasteiger charge is -2.32. The molecule has 1 saturated heterocycles. The Morgan fingerprint density at radius 1 is 1.12 bits per heavy atom. The summed E-state index contributed by atoms with van der Waals surface area (Å²) in [6.07, 6.45) is 3.89. The van der Waals surface area contributed by atoms with Gasteiger partial charge in [0, 0.05) is 19.6 Å². The summed E-state index contributed by atoms with van der Waals surface area (Å²) in [7, 11) is 0. The van der Waals surface area contributed by atoms with Crippen molar-refractivity contribution in [3.05, 3.63) is 70.5 Å². The Hall–Kier alpha value is -2.80. The van der Waals surface area contributed by atoms with Crippen LogP contribution in [0.1, 0.15) is 38.2 Å². The van der Waals surface area contributed by atoms with Gasteiger partial charge in [0.2, 0.25) is 5.91 Å². The van der Waals surface area contributed by atoms with Crippen LogP contribution >= 0.6 is 11.8 Å². The van der Waals surface area contributed by atoms with Crippen LogP contribution in [0.4, 0.5) is 5.82 Å². The molecule has 3 aromatic rings. The summed E-state index contributed by atoms with van der Waals surface area (Å²) < 4.78 is 1.81. The number of para-hydroxylation sites is 2. The third-order valence-corrected chi connectivity index (χ3v) is 7.50. The predicted octanol–water partition coefficient (Wildman–Crippen LogP) is 4.31. The number of hydrogen-bond acceptors (Lipinski definition) is 5. The summed E-state index contributed by atoms with van der Waals surface area (Å²) in [5, 5.41) is 3.11. The van der Waals surface area contributed by atoms with E-state index < -0.39 is 0 Å². The molecule has 0 radical (unpaired) electrons. The molecule has 7 heteroatoms. The first-order valence-corrected chi connectivity index (χ1v) is 13.5. The zero-order valence-corrected chi connectivity index (χ0v) is 20.7. The first-order valence-electron chi connectivity index (χ1n) is 12.3. The van der Waals surface area contributed by atoms with Crippen molar-refractivity contribution in [3.8, 4) is 0 Å². The molecular weight excluding hydrogens is 444 g/mol. The van der Waals surface area contributed by atoms with Gasteiger partial charge in [-0.3, -0.25) is 14.2 Å². The molecular formula is C27H34N4O2S. The topological polar surface area (TPSA) is 67.2 Å². The zero-order valence-electron chi connectivity index (χ0n) is 19.9. The van der Waals surface area contributed by atoms with Gasteiger partial charge in [0.05, 0.1) is 23.5 Å². The number of thioether (sulfide) groups is 1. The molecule has 4 rings (SSSR count). The standard InChI is InChI=1S/C27H34N4O2S/c1-2-17-34-18-9-15-28-26(32)22-12-8-16-30(20-22)25-27(33)31(19-21-10-4-3-5-11-21)24-14-7-6-13-23(24)29-25/h3-7,10-11,13-14,22H,2,8-9,12,15-20H2,1H3,(H,28,32). The molecule has 1 aliphatic rings. The second-order valence-electron chi connectivity index (χ2n) is 8.84. The van der Waals surface area contributed by atoms with Crippen molar-refractivity contribution in [2.45, 2.75) is 39.2 Å². The van der Waals surface area contributed by atoms with Gasteiger partial charge < -0.3 is 10.2 Å². The molecule has 1 N–H and O–H groups in total. The Labute approximate surface area is 205 Å². The zero-order chi connectivity index (χ0) is 23.8. The third kappa shape index (κ3) is 6.00. The minimum absolute atomic E-state index is 0.0931. The van der Waals surface area contributed by atoms with E-state index in [2.05, 4.69) is 12.2 Å². The second-order valence-corrected chi connectivity index (χ2v) is 10.1. The largest absolute Gasteiger partial charge is 0.356 e. The fourth-order valence-electron chi connectivity index (χ4n) is 4.47. The summed E-state index contributed by atoms with van der Waals surface area (Å²) in [5.41, 5.74) is 2.59. The van der Waals surface area contributed by atoms with Gasteiger partial charge in [-0.15, -0.1) is 0 Å². The van der Waals surface area contributed by atoms with Crippen molar-refractivity contribution in [1.29, 1.82) is 0 Å². The molecule has 180 valence electrons. The number of fused-ring (bicyclic) bond motifs is 1. The molecule has 0 saturated carbocycles. The van der Waals surface area contributed by atoms with Crippen LogP contribution in [0.5, 0.6) is 0 Å². The van der Waals surface area contributed by atoms with Gasteiger partial charge in [-0.05, 0) is 54.9 Å². The van der Waals surface area contributed by atoms with Gasteiger partial charge in [0.25, 0.3) is 5.56 Å². The molecule has 0 bridgehead atoms. The Balaban J connectivity index is 1.51. The van der Waals surface area contributed by atoms with Crippen molar-refractivity contribution in [2.24, 2.45) is 5.92 Å². The highest BCUT2D eigenvalue weighted by Gasteiger charge is 2.28. The lowest BCUT2D eigenvalue weighted by Crippen LogP contribution is -2.45. The highest BCUT2D eigenvalue weighted by atomic mass is 32.2. The Morgan fingerprint density at radius 3 is 2.74 bits per heavy atom. The third-order valence-electron chi connectivity index (χ3n) is 6.22. The summed E-state index contributed by atoms with van der Waals surface area (Å²) in [5.74, 6) is 2.67. The molecule has 0 aliphatic carbocycles. The summed E-state index contributed by atoms with van der Waals surface area (Å²) in [6, 6.07) is 17.8. The first kappa shape index (κ1) is 24.3. The minimum atomic E-state index is -0.118. The van der Waals surface area contributed by atoms with Crippen molar-refractivity contribution in [2.75, 3.05) is 36.0 Å². The minimum Gasteiger partial charge on any atom is -0.356 e. The molecule has 1 aliphatic heterocycles. The molecule has 1 fully saturated rings. The summed E-state index contributed by atoms with van der Waals surface area (Å²) >= 11 is 1.94. The number of benzene rings is 2. The normalized spacial score (nSPS) is 16.0. The Morgan fingerprint density at radius 2 is 1.91 bits per heavy atom. The van der Waals surface area contributed by atoms with Crippen molar-refractivity contribution >= 4 is 34.5 Å². The number of carbonyl (C=O) groups excluding carboxylic acids is 1. The Bertz CT molecular complexity index is 1150. The second kappa shape index (κ2) is 12.1. The average Bonchev–Trinajstić information content (AvgIpc) is 2.88. The average molecular weight is 479 g/mol. The monoisotopic (exact) mass is 478 g/mol. The number of amides is 1. The van der Waals surface area contributed by atoms with Crippen LogP contribution in [0, 0.1) is 5.92 Å². The van der Waals surface area contributed by atoms with Crippen molar-refractivity contribution in [3.63, 3.8) is 0 Å². The van der Waals surface area contributed by atoms with Crippen LogP contribution in [0.25, 0.3) is 11.0 Å². The Kier molecular flexibility index (Phi) is 8.63. The van der Waals surface area contributed by atoms with Crippen LogP contribution in [0.15, 0.2) is 59.4 Å². The van der Waals surface area contributed by atoms with E-state index in [0.29, 0.717) is 25.5 Å². The summed E-state index contributed by atoms with van der Waals surface area (Å²) in [6.45, 7) is 4.66. The first-order chi connectivity index (χ1) is 16.7. The fourth-order valence-corrected chi connectivity index (χ4v) is 5.31. The summed E-state index contributed by atoms with van der Waals surface area (Å²) in [4.78, 5) is 33.2. The number of hydrogen-bond donors (Lipinski definition) is 1. The quantitative estimate of drug-likeness (QED) is 0.440. The van der Waals surface area contributed by atoms with E-state index in [9.17, 15) is 9.59 Å². The van der Waals surface area contributed by atoms with Gasteiger partial charge >= 0.3 is 0 Å². The number of anilines is 1. The SMILES string of the molecule is CCCSCCCNC(=O)C1CCCN(c2nc3ccccc3n(Cc3ccccc3)c2=O)C1. The maximum Gasteiger partial charge on any atom is 0.294 e. The van der Waals surface area contributed by atoms with Crippen LogP contribution in [0.3, 0.4) is 0 Å². The van der Waals surface area contributed by atoms with E-state index in [0.717, 1.165) is 48.2 Å². The number of piperidine rings is 1. The molecule has 2 aromatic carbocycles. The van der Waals surface area contributed by atoms with E-state index in [1.165, 1.54) is 12.2 Å². The van der Waals surface area contributed by atoms with Gasteiger partial charge in [-0.2, -0.15) is 11.8 Å². The maximum absolute atomic E-state index is 13.6. The maximum atomic E-state index is 13.6. The van der Waals surface area contributed by atoms with E-state index in [4.69, 9.17) is 4.98 Å². The number of nitrogens with zero attached hydrogens (tertiary/aromatic N) is 3. The molecule has 1 unspecified atom stereocenters.